The summed E-state index contributed by atoms with van der Waals surface area (Å²) in [7, 11) is 3.25. The van der Waals surface area contributed by atoms with Gasteiger partial charge in [0, 0.05) is 19.7 Å². The lowest BCUT2D eigenvalue weighted by Crippen LogP contribution is -2.22. The summed E-state index contributed by atoms with van der Waals surface area (Å²) >= 11 is 0. The highest BCUT2D eigenvalue weighted by Crippen LogP contribution is 2.27. The van der Waals surface area contributed by atoms with Crippen molar-refractivity contribution in [3.8, 4) is 11.5 Å². The van der Waals surface area contributed by atoms with Crippen LogP contribution in [0.1, 0.15) is 12.5 Å². The SMILES string of the molecule is COc1ccc(CNCC(C)CO)cc1OC. The Kier molecular flexibility index (Phi) is 5.80. The van der Waals surface area contributed by atoms with E-state index in [-0.39, 0.29) is 12.5 Å². The maximum atomic E-state index is 8.91. The van der Waals surface area contributed by atoms with Crippen LogP contribution < -0.4 is 14.8 Å². The van der Waals surface area contributed by atoms with Crippen LogP contribution in [-0.4, -0.2) is 32.5 Å². The molecule has 2 N–H and O–H groups in total. The molecule has 4 heteroatoms. The van der Waals surface area contributed by atoms with E-state index in [1.165, 1.54) is 0 Å². The minimum absolute atomic E-state index is 0.207. The van der Waals surface area contributed by atoms with Crippen LogP contribution in [0.5, 0.6) is 11.5 Å². The second-order valence-electron chi connectivity index (χ2n) is 4.11. The van der Waals surface area contributed by atoms with Gasteiger partial charge in [-0.1, -0.05) is 13.0 Å². The number of hydrogen-bond acceptors (Lipinski definition) is 4. The smallest absolute Gasteiger partial charge is 0.161 e. The van der Waals surface area contributed by atoms with Crippen LogP contribution in [0, 0.1) is 5.92 Å². The zero-order chi connectivity index (χ0) is 12.7. The molecule has 1 atom stereocenters. The largest absolute Gasteiger partial charge is 0.493 e. The van der Waals surface area contributed by atoms with Gasteiger partial charge in [0.1, 0.15) is 0 Å². The third-order valence-corrected chi connectivity index (χ3v) is 2.58. The number of ether oxygens (including phenoxy) is 2. The molecule has 1 aromatic carbocycles. The Morgan fingerprint density at radius 1 is 1.24 bits per heavy atom. The number of rotatable bonds is 7. The number of benzene rings is 1. The van der Waals surface area contributed by atoms with Gasteiger partial charge in [0.05, 0.1) is 14.2 Å². The van der Waals surface area contributed by atoms with Crippen LogP contribution in [0.25, 0.3) is 0 Å². The molecule has 96 valence electrons. The minimum Gasteiger partial charge on any atom is -0.493 e. The van der Waals surface area contributed by atoms with Crippen molar-refractivity contribution in [3.63, 3.8) is 0 Å². The van der Waals surface area contributed by atoms with Gasteiger partial charge in [-0.3, -0.25) is 0 Å². The fourth-order valence-electron chi connectivity index (χ4n) is 1.52. The zero-order valence-corrected chi connectivity index (χ0v) is 10.7. The molecule has 1 aromatic rings. The Morgan fingerprint density at radius 3 is 2.53 bits per heavy atom. The number of hydrogen-bond donors (Lipinski definition) is 2. The molecule has 0 aliphatic carbocycles. The molecule has 0 radical (unpaired) electrons. The lowest BCUT2D eigenvalue weighted by atomic mass is 10.1. The first kappa shape index (κ1) is 13.8. The summed E-state index contributed by atoms with van der Waals surface area (Å²) in [5.74, 6) is 1.75. The molecule has 4 nitrogen and oxygen atoms in total. The highest BCUT2D eigenvalue weighted by molar-refractivity contribution is 5.42. The van der Waals surface area contributed by atoms with E-state index in [0.717, 1.165) is 30.2 Å². The molecule has 1 unspecified atom stereocenters. The molecule has 0 bridgehead atoms. The summed E-state index contributed by atoms with van der Waals surface area (Å²) in [4.78, 5) is 0. The Bertz CT molecular complexity index is 341. The van der Waals surface area contributed by atoms with E-state index in [0.29, 0.717) is 0 Å². The topological polar surface area (TPSA) is 50.7 Å². The Balaban J connectivity index is 2.54. The summed E-state index contributed by atoms with van der Waals surface area (Å²) in [6, 6.07) is 5.85. The maximum absolute atomic E-state index is 8.91. The molecule has 0 amide bonds. The predicted octanol–water partition coefficient (Wildman–Crippen LogP) is 1.42. The number of nitrogens with one attached hydrogen (secondary N) is 1. The fourth-order valence-corrected chi connectivity index (χ4v) is 1.52. The zero-order valence-electron chi connectivity index (χ0n) is 10.7. The van der Waals surface area contributed by atoms with E-state index < -0.39 is 0 Å². The highest BCUT2D eigenvalue weighted by atomic mass is 16.5. The third kappa shape index (κ3) is 4.24. The Labute approximate surface area is 103 Å². The maximum Gasteiger partial charge on any atom is 0.161 e. The van der Waals surface area contributed by atoms with Gasteiger partial charge in [-0.05, 0) is 23.6 Å². The van der Waals surface area contributed by atoms with Crippen molar-refractivity contribution in [3.05, 3.63) is 23.8 Å². The molecule has 0 heterocycles. The molecule has 1 rings (SSSR count). The molecule has 17 heavy (non-hydrogen) atoms. The molecular weight excluding hydrogens is 218 g/mol. The summed E-state index contributed by atoms with van der Waals surface area (Å²) in [6.07, 6.45) is 0. The minimum atomic E-state index is 0.207. The van der Waals surface area contributed by atoms with Gasteiger partial charge < -0.3 is 19.9 Å². The van der Waals surface area contributed by atoms with E-state index >= 15 is 0 Å². The van der Waals surface area contributed by atoms with Crippen molar-refractivity contribution in [1.82, 2.24) is 5.32 Å². The standard InChI is InChI=1S/C13H21NO3/c1-10(9-15)7-14-8-11-4-5-12(16-2)13(6-11)17-3/h4-6,10,14-15H,7-9H2,1-3H3. The molecule has 0 aliphatic rings. The van der Waals surface area contributed by atoms with Crippen molar-refractivity contribution in [2.45, 2.75) is 13.5 Å². The van der Waals surface area contributed by atoms with Gasteiger partial charge in [-0.25, -0.2) is 0 Å². The van der Waals surface area contributed by atoms with Crippen molar-refractivity contribution in [2.75, 3.05) is 27.4 Å². The number of aliphatic hydroxyl groups excluding tert-OH is 1. The average Bonchev–Trinajstić information content (AvgIpc) is 2.38. The molecule has 0 aromatic heterocycles. The summed E-state index contributed by atoms with van der Waals surface area (Å²) in [5.41, 5.74) is 1.13. The number of methoxy groups -OCH3 is 2. The van der Waals surface area contributed by atoms with Crippen molar-refractivity contribution in [2.24, 2.45) is 5.92 Å². The lowest BCUT2D eigenvalue weighted by molar-refractivity contribution is 0.233. The molecule has 0 spiro atoms. The third-order valence-electron chi connectivity index (χ3n) is 2.58. The van der Waals surface area contributed by atoms with Crippen LogP contribution >= 0.6 is 0 Å². The van der Waals surface area contributed by atoms with E-state index in [1.54, 1.807) is 14.2 Å². The van der Waals surface area contributed by atoms with Crippen LogP contribution in [0.2, 0.25) is 0 Å². The predicted molar refractivity (Wildman–Crippen MR) is 67.5 cm³/mol. The molecule has 0 aliphatic heterocycles. The van der Waals surface area contributed by atoms with Crippen LogP contribution in [0.15, 0.2) is 18.2 Å². The summed E-state index contributed by atoms with van der Waals surface area (Å²) < 4.78 is 10.4. The van der Waals surface area contributed by atoms with Crippen molar-refractivity contribution >= 4 is 0 Å². The Hall–Kier alpha value is -1.26. The first-order valence-corrected chi connectivity index (χ1v) is 5.73. The molecule has 0 saturated carbocycles. The molecular formula is C13H21NO3. The van der Waals surface area contributed by atoms with E-state index in [2.05, 4.69) is 5.32 Å². The van der Waals surface area contributed by atoms with Gasteiger partial charge in [0.2, 0.25) is 0 Å². The Morgan fingerprint density at radius 2 is 1.94 bits per heavy atom. The molecule has 0 fully saturated rings. The van der Waals surface area contributed by atoms with Gasteiger partial charge in [0.15, 0.2) is 11.5 Å². The van der Waals surface area contributed by atoms with Crippen LogP contribution in [0.4, 0.5) is 0 Å². The number of aliphatic hydroxyl groups is 1. The van der Waals surface area contributed by atoms with Crippen LogP contribution in [0.3, 0.4) is 0 Å². The molecule has 0 saturated heterocycles. The summed E-state index contributed by atoms with van der Waals surface area (Å²) in [5, 5.41) is 12.2. The first-order chi connectivity index (χ1) is 8.21. The second-order valence-corrected chi connectivity index (χ2v) is 4.11. The quantitative estimate of drug-likeness (QED) is 0.755. The summed E-state index contributed by atoms with van der Waals surface area (Å²) in [6.45, 7) is 3.76. The monoisotopic (exact) mass is 239 g/mol. The second kappa shape index (κ2) is 7.14. The normalized spacial score (nSPS) is 12.2. The van der Waals surface area contributed by atoms with Crippen molar-refractivity contribution in [1.29, 1.82) is 0 Å². The first-order valence-electron chi connectivity index (χ1n) is 5.73. The van der Waals surface area contributed by atoms with Gasteiger partial charge >= 0.3 is 0 Å². The lowest BCUT2D eigenvalue weighted by Gasteiger charge is -2.12. The van der Waals surface area contributed by atoms with Gasteiger partial charge in [-0.2, -0.15) is 0 Å². The van der Waals surface area contributed by atoms with Crippen molar-refractivity contribution < 1.29 is 14.6 Å². The average molecular weight is 239 g/mol. The van der Waals surface area contributed by atoms with Gasteiger partial charge in [-0.15, -0.1) is 0 Å². The highest BCUT2D eigenvalue weighted by Gasteiger charge is 2.04. The van der Waals surface area contributed by atoms with E-state index in [4.69, 9.17) is 14.6 Å². The fraction of sp³-hybridized carbons (Fsp3) is 0.538. The van der Waals surface area contributed by atoms with Gasteiger partial charge in [0.25, 0.3) is 0 Å². The van der Waals surface area contributed by atoms with E-state index in [1.807, 2.05) is 25.1 Å². The van der Waals surface area contributed by atoms with Crippen LogP contribution in [-0.2, 0) is 6.54 Å². The van der Waals surface area contributed by atoms with E-state index in [9.17, 15) is 0 Å².